The molecule has 0 aliphatic carbocycles. The molecular weight excluding hydrogens is 513 g/mol. The Kier molecular flexibility index (Phi) is 8.75. The van der Waals surface area contributed by atoms with E-state index in [0.29, 0.717) is 58.9 Å². The molecule has 3 aliphatic heterocycles. The van der Waals surface area contributed by atoms with E-state index in [1.54, 1.807) is 17.0 Å². The Hall–Kier alpha value is -2.07. The van der Waals surface area contributed by atoms with Crippen molar-refractivity contribution in [3.05, 3.63) is 44.3 Å². The molecule has 0 saturated carbocycles. The van der Waals surface area contributed by atoms with Gasteiger partial charge in [-0.05, 0) is 73.6 Å². The molecular formula is C24H27Cl2N3O5S. The Labute approximate surface area is 218 Å². The summed E-state index contributed by atoms with van der Waals surface area (Å²) in [5, 5.41) is 3.13. The average Bonchev–Trinajstić information content (AvgIpc) is 3.13. The van der Waals surface area contributed by atoms with E-state index in [1.165, 1.54) is 6.07 Å². The van der Waals surface area contributed by atoms with Crippen LogP contribution in [0, 0.1) is 5.92 Å². The number of benzene rings is 1. The largest absolute Gasteiger partial charge is 0.381 e. The first kappa shape index (κ1) is 26.0. The van der Waals surface area contributed by atoms with Gasteiger partial charge in [-0.25, -0.2) is 0 Å². The van der Waals surface area contributed by atoms with Crippen molar-refractivity contribution in [2.45, 2.75) is 32.1 Å². The van der Waals surface area contributed by atoms with Gasteiger partial charge in [-0.15, -0.1) is 0 Å². The maximum atomic E-state index is 12.9. The molecule has 1 aromatic rings. The summed E-state index contributed by atoms with van der Waals surface area (Å²) in [6, 6.07) is 4.75. The highest BCUT2D eigenvalue weighted by Gasteiger charge is 2.39. The fourth-order valence-electron chi connectivity index (χ4n) is 4.44. The summed E-state index contributed by atoms with van der Waals surface area (Å²) in [6.07, 6.45) is 3.79. The van der Waals surface area contributed by atoms with E-state index in [9.17, 15) is 19.2 Å². The van der Waals surface area contributed by atoms with Crippen LogP contribution in [0.25, 0.3) is 0 Å². The number of amides is 4. The number of likely N-dealkylation sites (tertiary alicyclic amines) is 1. The van der Waals surface area contributed by atoms with Crippen LogP contribution in [0.15, 0.2) is 28.7 Å². The maximum Gasteiger partial charge on any atom is 0.294 e. The third kappa shape index (κ3) is 6.39. The minimum Gasteiger partial charge on any atom is -0.381 e. The van der Waals surface area contributed by atoms with Crippen molar-refractivity contribution in [3.63, 3.8) is 0 Å². The molecule has 0 unspecified atom stereocenters. The van der Waals surface area contributed by atoms with E-state index in [4.69, 9.17) is 27.9 Å². The Morgan fingerprint density at radius 3 is 2.51 bits per heavy atom. The summed E-state index contributed by atoms with van der Waals surface area (Å²) in [5.41, 5.74) is 1.21. The number of carbonyl (C=O) groups excluding carboxylic acids is 4. The zero-order valence-corrected chi connectivity index (χ0v) is 21.5. The molecule has 4 amide bonds. The van der Waals surface area contributed by atoms with Crippen LogP contribution < -0.4 is 5.32 Å². The summed E-state index contributed by atoms with van der Waals surface area (Å²) in [7, 11) is 0. The second-order valence-electron chi connectivity index (χ2n) is 8.80. The number of thioether (sulfide) groups is 1. The molecule has 188 valence electrons. The number of nitrogens with zero attached hydrogens (tertiary/aromatic N) is 2. The van der Waals surface area contributed by atoms with Gasteiger partial charge >= 0.3 is 0 Å². The lowest BCUT2D eigenvalue weighted by molar-refractivity contribution is -0.129. The highest BCUT2D eigenvalue weighted by molar-refractivity contribution is 8.18. The van der Waals surface area contributed by atoms with Crippen LogP contribution in [-0.2, 0) is 14.3 Å². The minimum absolute atomic E-state index is 0.198. The number of ether oxygens (including phenoxy) is 1. The molecule has 3 fully saturated rings. The zero-order chi connectivity index (χ0) is 24.9. The van der Waals surface area contributed by atoms with Gasteiger partial charge in [0.1, 0.15) is 6.54 Å². The summed E-state index contributed by atoms with van der Waals surface area (Å²) in [6.45, 7) is 2.56. The number of halogens is 2. The van der Waals surface area contributed by atoms with E-state index in [-0.39, 0.29) is 18.4 Å². The van der Waals surface area contributed by atoms with Crippen molar-refractivity contribution >= 4 is 57.9 Å². The first-order valence-electron chi connectivity index (χ1n) is 11.7. The Balaban J connectivity index is 1.29. The number of hydrogen-bond donors (Lipinski definition) is 1. The molecule has 35 heavy (non-hydrogen) atoms. The molecule has 0 radical (unpaired) electrons. The molecule has 3 aliphatic rings. The third-order valence-corrected chi connectivity index (χ3v) is 8.11. The second-order valence-corrected chi connectivity index (χ2v) is 10.6. The van der Waals surface area contributed by atoms with Gasteiger partial charge in [0.25, 0.3) is 17.1 Å². The average molecular weight is 540 g/mol. The van der Waals surface area contributed by atoms with Crippen molar-refractivity contribution in [2.24, 2.45) is 5.92 Å². The van der Waals surface area contributed by atoms with Crippen molar-refractivity contribution in [1.29, 1.82) is 0 Å². The van der Waals surface area contributed by atoms with Gasteiger partial charge in [0.15, 0.2) is 0 Å². The summed E-state index contributed by atoms with van der Waals surface area (Å²) < 4.78 is 5.34. The fraction of sp³-hybridized carbons (Fsp3) is 0.500. The van der Waals surface area contributed by atoms with Gasteiger partial charge in [0, 0.05) is 37.9 Å². The van der Waals surface area contributed by atoms with Crippen LogP contribution in [0.3, 0.4) is 0 Å². The molecule has 0 bridgehead atoms. The third-order valence-electron chi connectivity index (χ3n) is 6.50. The molecule has 0 atom stereocenters. The predicted molar refractivity (Wildman–Crippen MR) is 134 cm³/mol. The molecule has 8 nitrogen and oxygen atoms in total. The van der Waals surface area contributed by atoms with E-state index in [2.05, 4.69) is 5.32 Å². The summed E-state index contributed by atoms with van der Waals surface area (Å²) in [4.78, 5) is 53.6. The van der Waals surface area contributed by atoms with E-state index >= 15 is 0 Å². The molecule has 0 aromatic heterocycles. The molecule has 4 rings (SSSR count). The monoisotopic (exact) mass is 539 g/mol. The van der Waals surface area contributed by atoms with Crippen molar-refractivity contribution in [3.8, 4) is 0 Å². The van der Waals surface area contributed by atoms with Crippen LogP contribution in [0.1, 0.15) is 42.5 Å². The lowest BCUT2D eigenvalue weighted by Gasteiger charge is -2.29. The molecule has 1 aromatic carbocycles. The lowest BCUT2D eigenvalue weighted by atomic mass is 9.97. The number of hydrogen-bond acceptors (Lipinski definition) is 6. The molecule has 3 saturated heterocycles. The normalized spacial score (nSPS) is 19.5. The van der Waals surface area contributed by atoms with Crippen LogP contribution >= 0.6 is 35.0 Å². The first-order chi connectivity index (χ1) is 16.8. The zero-order valence-electron chi connectivity index (χ0n) is 19.2. The van der Waals surface area contributed by atoms with Crippen molar-refractivity contribution < 1.29 is 23.9 Å². The highest BCUT2D eigenvalue weighted by atomic mass is 35.5. The van der Waals surface area contributed by atoms with Crippen LogP contribution in [0.2, 0.25) is 10.0 Å². The quantitative estimate of drug-likeness (QED) is 0.546. The van der Waals surface area contributed by atoms with Gasteiger partial charge in [0.2, 0.25) is 5.91 Å². The number of rotatable bonds is 6. The predicted octanol–water partition coefficient (Wildman–Crippen LogP) is 4.11. The molecule has 11 heteroatoms. The van der Waals surface area contributed by atoms with Gasteiger partial charge in [-0.1, -0.05) is 23.2 Å². The van der Waals surface area contributed by atoms with Crippen LogP contribution in [0.4, 0.5) is 4.79 Å². The fourth-order valence-corrected chi connectivity index (χ4v) is 5.91. The van der Waals surface area contributed by atoms with Crippen LogP contribution in [-0.4, -0.2) is 72.2 Å². The van der Waals surface area contributed by atoms with Gasteiger partial charge in [0.05, 0.1) is 15.5 Å². The number of carbonyl (C=O) groups is 4. The van der Waals surface area contributed by atoms with Crippen LogP contribution in [0.5, 0.6) is 0 Å². The SMILES string of the molecule is O=C(CN1C(=O)SC(=C2CCN(C(=O)c3ccc(Cl)cc3Cl)CC2)C1=O)NCCC1CCOCC1. The number of piperidine rings is 1. The smallest absolute Gasteiger partial charge is 0.294 e. The second kappa shape index (κ2) is 11.8. The maximum absolute atomic E-state index is 12.9. The van der Waals surface area contributed by atoms with Crippen molar-refractivity contribution in [2.75, 3.05) is 39.4 Å². The molecule has 1 N–H and O–H groups in total. The number of imide groups is 1. The first-order valence-corrected chi connectivity index (χ1v) is 13.2. The Bertz CT molecular complexity index is 1050. The molecule has 0 spiro atoms. The molecule has 3 heterocycles. The summed E-state index contributed by atoms with van der Waals surface area (Å²) >= 11 is 13.0. The standard InChI is InChI=1S/C24H27Cl2N3O5S/c25-17-1-2-18(19(26)13-17)22(31)28-9-4-16(5-10-28)21-23(32)29(24(33)35-21)14-20(30)27-8-3-15-6-11-34-12-7-15/h1-2,13,15H,3-12,14H2,(H,27,30). The van der Waals surface area contributed by atoms with E-state index in [1.807, 2.05) is 0 Å². The lowest BCUT2D eigenvalue weighted by Crippen LogP contribution is -2.40. The Morgan fingerprint density at radius 1 is 1.11 bits per heavy atom. The summed E-state index contributed by atoms with van der Waals surface area (Å²) in [5.74, 6) is -0.448. The minimum atomic E-state index is -0.441. The highest BCUT2D eigenvalue weighted by Crippen LogP contribution is 2.36. The number of nitrogens with one attached hydrogen (secondary N) is 1. The van der Waals surface area contributed by atoms with E-state index in [0.717, 1.165) is 54.7 Å². The van der Waals surface area contributed by atoms with Gasteiger partial charge in [-0.3, -0.25) is 24.1 Å². The Morgan fingerprint density at radius 2 is 1.83 bits per heavy atom. The van der Waals surface area contributed by atoms with E-state index < -0.39 is 11.1 Å². The topological polar surface area (TPSA) is 96.0 Å². The van der Waals surface area contributed by atoms with Gasteiger partial charge < -0.3 is 15.0 Å². The van der Waals surface area contributed by atoms with Crippen molar-refractivity contribution in [1.82, 2.24) is 15.1 Å². The van der Waals surface area contributed by atoms with Gasteiger partial charge in [-0.2, -0.15) is 0 Å².